The summed E-state index contributed by atoms with van der Waals surface area (Å²) >= 11 is 5.86. The van der Waals surface area contributed by atoms with Gasteiger partial charge < -0.3 is 5.32 Å². The van der Waals surface area contributed by atoms with Crippen LogP contribution in [0.3, 0.4) is 0 Å². The molecule has 2 heterocycles. The molecule has 24 heavy (non-hydrogen) atoms. The van der Waals surface area contributed by atoms with Crippen LogP contribution < -0.4 is 5.32 Å². The average Bonchev–Trinajstić information content (AvgIpc) is 3.29. The van der Waals surface area contributed by atoms with Crippen LogP contribution in [-0.2, 0) is 6.18 Å². The summed E-state index contributed by atoms with van der Waals surface area (Å²) in [6.45, 7) is 1.86. The standard InChI is InChI=1S/C15H13ClF3N5/c1-8(7-9-5-6-9)20-14-23-12(22-13(16)24-14)10-3-2-4-11(21-10)15(17,18)19/h2-4,7,9H,5-6H2,1H3,(H,20,22,23,24). The van der Waals surface area contributed by atoms with E-state index in [-0.39, 0.29) is 22.8 Å². The minimum Gasteiger partial charge on any atom is -0.328 e. The first-order chi connectivity index (χ1) is 11.3. The summed E-state index contributed by atoms with van der Waals surface area (Å²) in [7, 11) is 0. The van der Waals surface area contributed by atoms with Crippen LogP contribution in [0.2, 0.25) is 5.28 Å². The Morgan fingerprint density at radius 1 is 1.21 bits per heavy atom. The zero-order valence-electron chi connectivity index (χ0n) is 12.6. The fraction of sp³-hybridized carbons (Fsp3) is 0.333. The minimum absolute atomic E-state index is 0.0252. The summed E-state index contributed by atoms with van der Waals surface area (Å²) in [5, 5.41) is 2.85. The maximum absolute atomic E-state index is 12.8. The smallest absolute Gasteiger partial charge is 0.328 e. The fourth-order valence-corrected chi connectivity index (χ4v) is 2.23. The van der Waals surface area contributed by atoms with E-state index in [1.807, 2.05) is 6.92 Å². The van der Waals surface area contributed by atoms with E-state index in [0.717, 1.165) is 24.6 Å². The summed E-state index contributed by atoms with van der Waals surface area (Å²) in [6, 6.07) is 3.51. The van der Waals surface area contributed by atoms with Crippen molar-refractivity contribution in [3.8, 4) is 11.5 Å². The van der Waals surface area contributed by atoms with Crippen molar-refractivity contribution >= 4 is 17.5 Å². The van der Waals surface area contributed by atoms with Gasteiger partial charge in [-0.1, -0.05) is 12.1 Å². The first kappa shape index (κ1) is 16.6. The number of nitrogens with one attached hydrogen (secondary N) is 1. The third-order valence-electron chi connectivity index (χ3n) is 3.29. The summed E-state index contributed by atoms with van der Waals surface area (Å²) < 4.78 is 38.3. The molecule has 0 saturated heterocycles. The number of rotatable bonds is 4. The van der Waals surface area contributed by atoms with Gasteiger partial charge in [0.2, 0.25) is 11.2 Å². The maximum atomic E-state index is 12.8. The van der Waals surface area contributed by atoms with E-state index in [2.05, 4.69) is 31.3 Å². The average molecular weight is 356 g/mol. The highest BCUT2D eigenvalue weighted by Gasteiger charge is 2.32. The van der Waals surface area contributed by atoms with E-state index in [1.165, 1.54) is 12.1 Å². The zero-order valence-corrected chi connectivity index (χ0v) is 13.4. The van der Waals surface area contributed by atoms with E-state index in [4.69, 9.17) is 11.6 Å². The molecule has 0 bridgehead atoms. The van der Waals surface area contributed by atoms with Crippen LogP contribution in [0.1, 0.15) is 25.5 Å². The Labute approximate surface area is 141 Å². The summed E-state index contributed by atoms with van der Waals surface area (Å²) in [4.78, 5) is 15.5. The topological polar surface area (TPSA) is 63.6 Å². The van der Waals surface area contributed by atoms with Gasteiger partial charge >= 0.3 is 6.18 Å². The van der Waals surface area contributed by atoms with E-state index < -0.39 is 11.9 Å². The van der Waals surface area contributed by atoms with Crippen molar-refractivity contribution < 1.29 is 13.2 Å². The van der Waals surface area contributed by atoms with Crippen molar-refractivity contribution in [1.82, 2.24) is 19.9 Å². The molecule has 3 rings (SSSR count). The van der Waals surface area contributed by atoms with Gasteiger partial charge in [0.15, 0.2) is 5.82 Å². The molecule has 2 aromatic rings. The molecule has 9 heteroatoms. The number of nitrogens with zero attached hydrogens (tertiary/aromatic N) is 4. The van der Waals surface area contributed by atoms with Gasteiger partial charge in [-0.05, 0) is 49.4 Å². The largest absolute Gasteiger partial charge is 0.433 e. The Kier molecular flexibility index (Phi) is 4.40. The van der Waals surface area contributed by atoms with Crippen LogP contribution in [-0.4, -0.2) is 19.9 Å². The monoisotopic (exact) mass is 355 g/mol. The Balaban J connectivity index is 1.91. The van der Waals surface area contributed by atoms with Crippen molar-refractivity contribution in [3.63, 3.8) is 0 Å². The lowest BCUT2D eigenvalue weighted by atomic mass is 10.3. The molecule has 0 aliphatic heterocycles. The molecule has 0 unspecified atom stereocenters. The molecule has 0 aromatic carbocycles. The first-order valence-electron chi connectivity index (χ1n) is 7.23. The van der Waals surface area contributed by atoms with Gasteiger partial charge in [-0.3, -0.25) is 0 Å². The number of hydrogen-bond acceptors (Lipinski definition) is 5. The van der Waals surface area contributed by atoms with Gasteiger partial charge in [-0.15, -0.1) is 0 Å². The Morgan fingerprint density at radius 2 is 1.96 bits per heavy atom. The highest BCUT2D eigenvalue weighted by molar-refractivity contribution is 6.28. The van der Waals surface area contributed by atoms with Gasteiger partial charge in [0.05, 0.1) is 0 Å². The van der Waals surface area contributed by atoms with Crippen LogP contribution >= 0.6 is 11.6 Å². The van der Waals surface area contributed by atoms with Crippen LogP contribution in [0, 0.1) is 5.92 Å². The van der Waals surface area contributed by atoms with Gasteiger partial charge in [0, 0.05) is 5.70 Å². The molecular formula is C15H13ClF3N5. The molecule has 126 valence electrons. The second-order valence-corrected chi connectivity index (χ2v) is 5.81. The van der Waals surface area contributed by atoms with Gasteiger partial charge in [-0.25, -0.2) is 4.98 Å². The first-order valence-corrected chi connectivity index (χ1v) is 7.61. The van der Waals surface area contributed by atoms with E-state index in [0.29, 0.717) is 5.92 Å². The third kappa shape index (κ3) is 4.19. The van der Waals surface area contributed by atoms with Crippen molar-refractivity contribution in [2.75, 3.05) is 5.32 Å². The molecule has 0 spiro atoms. The molecule has 1 aliphatic carbocycles. The van der Waals surface area contributed by atoms with Crippen molar-refractivity contribution in [1.29, 1.82) is 0 Å². The highest BCUT2D eigenvalue weighted by Crippen LogP contribution is 2.31. The lowest BCUT2D eigenvalue weighted by molar-refractivity contribution is -0.141. The van der Waals surface area contributed by atoms with Crippen LogP contribution in [0.5, 0.6) is 0 Å². The number of anilines is 1. The number of aromatic nitrogens is 4. The summed E-state index contributed by atoms with van der Waals surface area (Å²) in [6.07, 6.45) is -0.190. The molecule has 0 radical (unpaired) electrons. The van der Waals surface area contributed by atoms with Crippen LogP contribution in [0.4, 0.5) is 19.1 Å². The van der Waals surface area contributed by atoms with Gasteiger partial charge in [0.1, 0.15) is 11.4 Å². The third-order valence-corrected chi connectivity index (χ3v) is 3.46. The van der Waals surface area contributed by atoms with Gasteiger partial charge in [0.25, 0.3) is 0 Å². The number of hydrogen-bond donors (Lipinski definition) is 1. The SMILES string of the molecule is CC(=CC1CC1)Nc1nc(Cl)nc(-c2cccc(C(F)(F)F)n2)n1. The summed E-state index contributed by atoms with van der Waals surface area (Å²) in [5.41, 5.74) is -0.195. The molecule has 1 fully saturated rings. The molecule has 1 N–H and O–H groups in total. The second kappa shape index (κ2) is 6.35. The summed E-state index contributed by atoms with van der Waals surface area (Å²) in [5.74, 6) is 0.695. The van der Waals surface area contributed by atoms with E-state index >= 15 is 0 Å². The fourth-order valence-electron chi connectivity index (χ4n) is 2.07. The maximum Gasteiger partial charge on any atom is 0.433 e. The van der Waals surface area contributed by atoms with E-state index in [9.17, 15) is 13.2 Å². The molecule has 1 saturated carbocycles. The Bertz CT molecular complexity index is 787. The lowest BCUT2D eigenvalue weighted by Gasteiger charge is -2.09. The zero-order chi connectivity index (χ0) is 17.3. The van der Waals surface area contributed by atoms with Crippen molar-refractivity contribution in [2.24, 2.45) is 5.92 Å². The number of allylic oxidation sites excluding steroid dienone is 2. The minimum atomic E-state index is -4.54. The van der Waals surface area contributed by atoms with Gasteiger partial charge in [-0.2, -0.15) is 28.1 Å². The molecule has 0 atom stereocenters. The van der Waals surface area contributed by atoms with Crippen molar-refractivity contribution in [2.45, 2.75) is 25.9 Å². The number of alkyl halides is 3. The normalized spacial score (nSPS) is 15.5. The van der Waals surface area contributed by atoms with E-state index in [1.54, 1.807) is 0 Å². The predicted octanol–water partition coefficient (Wildman–Crippen LogP) is 4.33. The number of halogens is 4. The predicted molar refractivity (Wildman–Crippen MR) is 83.2 cm³/mol. The Morgan fingerprint density at radius 3 is 2.62 bits per heavy atom. The Hall–Kier alpha value is -2.22. The molecule has 0 amide bonds. The molecule has 5 nitrogen and oxygen atoms in total. The number of pyridine rings is 1. The van der Waals surface area contributed by atoms with Crippen molar-refractivity contribution in [3.05, 3.63) is 40.9 Å². The highest BCUT2D eigenvalue weighted by atomic mass is 35.5. The molecular weight excluding hydrogens is 343 g/mol. The lowest BCUT2D eigenvalue weighted by Crippen LogP contribution is -2.09. The molecule has 1 aliphatic rings. The quantitative estimate of drug-likeness (QED) is 0.884. The molecule has 2 aromatic heterocycles. The second-order valence-electron chi connectivity index (χ2n) is 5.47. The van der Waals surface area contributed by atoms with Crippen LogP contribution in [0.25, 0.3) is 11.5 Å². The van der Waals surface area contributed by atoms with Crippen LogP contribution in [0.15, 0.2) is 30.0 Å².